The molecular formula is C23H21Cl2N3O5. The van der Waals surface area contributed by atoms with Crippen molar-refractivity contribution in [2.45, 2.75) is 32.7 Å². The number of imide groups is 1. The molecule has 2 aromatic carbocycles. The molecule has 0 N–H and O–H groups in total. The van der Waals surface area contributed by atoms with Gasteiger partial charge in [-0.1, -0.05) is 48.3 Å². The molecule has 33 heavy (non-hydrogen) atoms. The number of nitro groups is 1. The molecule has 1 heterocycles. The van der Waals surface area contributed by atoms with Gasteiger partial charge in [-0.15, -0.1) is 0 Å². The predicted octanol–water partition coefficient (Wildman–Crippen LogP) is 4.88. The first-order valence-corrected chi connectivity index (χ1v) is 11.3. The van der Waals surface area contributed by atoms with Crippen molar-refractivity contribution < 1.29 is 19.3 Å². The first-order valence-electron chi connectivity index (χ1n) is 10.6. The van der Waals surface area contributed by atoms with Crippen LogP contribution in [0.1, 0.15) is 42.1 Å². The summed E-state index contributed by atoms with van der Waals surface area (Å²) in [7, 11) is 0. The van der Waals surface area contributed by atoms with Gasteiger partial charge in [0.2, 0.25) is 0 Å². The van der Waals surface area contributed by atoms with Gasteiger partial charge in [0.05, 0.1) is 33.3 Å². The van der Waals surface area contributed by atoms with E-state index in [9.17, 15) is 24.5 Å². The fourth-order valence-electron chi connectivity index (χ4n) is 4.61. The van der Waals surface area contributed by atoms with E-state index in [0.717, 1.165) is 16.4 Å². The van der Waals surface area contributed by atoms with Crippen LogP contribution in [0.5, 0.6) is 0 Å². The standard InChI is InChI=1S/C23H21Cl2N3O5/c1-13-6-8-15-17(10-13)23(31)27(22(15)30)26(12-14-7-9-18(24)19(25)11-14)21(29)16-4-2-3-5-20(16)28(32)33/h2-5,7,9,11,13,15,17H,6,8,10,12H2,1H3/t13-,15-,17+/m1/s1. The Balaban J connectivity index is 1.77. The van der Waals surface area contributed by atoms with Gasteiger partial charge in [-0.05, 0) is 48.9 Å². The highest BCUT2D eigenvalue weighted by Gasteiger charge is 2.52. The molecule has 0 aromatic heterocycles. The van der Waals surface area contributed by atoms with Crippen LogP contribution in [0.4, 0.5) is 5.69 Å². The first-order chi connectivity index (χ1) is 15.7. The van der Waals surface area contributed by atoms with Crippen LogP contribution in [0.3, 0.4) is 0 Å². The van der Waals surface area contributed by atoms with Gasteiger partial charge < -0.3 is 0 Å². The summed E-state index contributed by atoms with van der Waals surface area (Å²) >= 11 is 12.1. The van der Waals surface area contributed by atoms with Crippen LogP contribution in [0.2, 0.25) is 10.0 Å². The Kier molecular flexibility index (Phi) is 6.41. The van der Waals surface area contributed by atoms with Crippen LogP contribution in [0.15, 0.2) is 42.5 Å². The van der Waals surface area contributed by atoms with E-state index < -0.39 is 40.2 Å². The van der Waals surface area contributed by atoms with Gasteiger partial charge in [-0.2, -0.15) is 5.01 Å². The third kappa shape index (κ3) is 4.32. The lowest BCUT2D eigenvalue weighted by Gasteiger charge is -2.30. The maximum atomic E-state index is 13.6. The molecular weight excluding hydrogens is 469 g/mol. The SMILES string of the molecule is C[C@@H]1CC[C@H]2C(=O)N(N(Cc3ccc(Cl)c(Cl)c3)C(=O)c3ccccc3[N+](=O)[O-])C(=O)[C@H]2C1. The Morgan fingerprint density at radius 2 is 1.79 bits per heavy atom. The number of hydrogen-bond donors (Lipinski definition) is 0. The van der Waals surface area contributed by atoms with E-state index in [2.05, 4.69) is 0 Å². The van der Waals surface area contributed by atoms with Crippen molar-refractivity contribution in [1.82, 2.24) is 10.0 Å². The Bertz CT molecular complexity index is 1150. The van der Waals surface area contributed by atoms with Gasteiger partial charge in [0.25, 0.3) is 23.4 Å². The molecule has 10 heteroatoms. The number of amides is 3. The molecule has 2 fully saturated rings. The van der Waals surface area contributed by atoms with E-state index in [0.29, 0.717) is 23.4 Å². The molecule has 0 spiro atoms. The van der Waals surface area contributed by atoms with Crippen LogP contribution in [0.25, 0.3) is 0 Å². The van der Waals surface area contributed by atoms with Gasteiger partial charge in [-0.3, -0.25) is 24.5 Å². The number of fused-ring (bicyclic) bond motifs is 1. The van der Waals surface area contributed by atoms with E-state index in [4.69, 9.17) is 23.2 Å². The van der Waals surface area contributed by atoms with Crippen molar-refractivity contribution in [3.63, 3.8) is 0 Å². The van der Waals surface area contributed by atoms with Gasteiger partial charge >= 0.3 is 0 Å². The van der Waals surface area contributed by atoms with Crippen LogP contribution in [0, 0.1) is 27.9 Å². The molecule has 172 valence electrons. The number of para-hydroxylation sites is 1. The second kappa shape index (κ2) is 9.11. The van der Waals surface area contributed by atoms with Crippen molar-refractivity contribution in [1.29, 1.82) is 0 Å². The maximum absolute atomic E-state index is 13.6. The van der Waals surface area contributed by atoms with E-state index in [1.165, 1.54) is 30.3 Å². The fraction of sp³-hybridized carbons (Fsp3) is 0.348. The smallest absolute Gasteiger partial charge is 0.272 e. The summed E-state index contributed by atoms with van der Waals surface area (Å²) < 4.78 is 0. The number of rotatable bonds is 5. The maximum Gasteiger partial charge on any atom is 0.282 e. The molecule has 1 saturated heterocycles. The second-order valence-electron chi connectivity index (χ2n) is 8.51. The number of carbonyl (C=O) groups is 3. The normalized spacial score (nSPS) is 22.3. The minimum absolute atomic E-state index is 0.186. The lowest BCUT2D eigenvalue weighted by Crippen LogP contribution is -2.50. The molecule has 4 rings (SSSR count). The zero-order chi connectivity index (χ0) is 23.9. The van der Waals surface area contributed by atoms with E-state index in [1.807, 2.05) is 6.92 Å². The average molecular weight is 490 g/mol. The molecule has 2 aromatic rings. The largest absolute Gasteiger partial charge is 0.282 e. The minimum Gasteiger partial charge on any atom is -0.272 e. The number of nitro benzene ring substituents is 1. The summed E-state index contributed by atoms with van der Waals surface area (Å²) in [6.07, 6.45) is 1.94. The third-order valence-corrected chi connectivity index (χ3v) is 7.03. The summed E-state index contributed by atoms with van der Waals surface area (Å²) in [6, 6.07) is 10.1. The number of hydrogen-bond acceptors (Lipinski definition) is 5. The summed E-state index contributed by atoms with van der Waals surface area (Å²) in [6.45, 7) is 1.84. The molecule has 1 aliphatic carbocycles. The summed E-state index contributed by atoms with van der Waals surface area (Å²) in [4.78, 5) is 51.1. The van der Waals surface area contributed by atoms with Crippen LogP contribution >= 0.6 is 23.2 Å². The first kappa shape index (κ1) is 23.2. The lowest BCUT2D eigenvalue weighted by molar-refractivity contribution is -0.385. The van der Waals surface area contributed by atoms with Crippen molar-refractivity contribution in [2.24, 2.45) is 17.8 Å². The van der Waals surface area contributed by atoms with Gasteiger partial charge in [-0.25, -0.2) is 5.01 Å². The quantitative estimate of drug-likeness (QED) is 0.338. The van der Waals surface area contributed by atoms with Crippen LogP contribution in [-0.2, 0) is 16.1 Å². The molecule has 8 nitrogen and oxygen atoms in total. The monoisotopic (exact) mass is 489 g/mol. The topological polar surface area (TPSA) is 101 Å². The Morgan fingerprint density at radius 3 is 2.48 bits per heavy atom. The van der Waals surface area contributed by atoms with Crippen molar-refractivity contribution in [3.8, 4) is 0 Å². The predicted molar refractivity (Wildman–Crippen MR) is 121 cm³/mol. The summed E-state index contributed by atoms with van der Waals surface area (Å²) in [5.74, 6) is -2.44. The number of nitrogens with zero attached hydrogens (tertiary/aromatic N) is 3. The lowest BCUT2D eigenvalue weighted by atomic mass is 9.76. The molecule has 2 aliphatic rings. The van der Waals surface area contributed by atoms with Gasteiger partial charge in [0.15, 0.2) is 0 Å². The molecule has 0 radical (unpaired) electrons. The summed E-state index contributed by atoms with van der Waals surface area (Å²) in [5, 5.41) is 14.0. The zero-order valence-electron chi connectivity index (χ0n) is 17.7. The van der Waals surface area contributed by atoms with Gasteiger partial charge in [0.1, 0.15) is 5.56 Å². The van der Waals surface area contributed by atoms with Crippen LogP contribution in [-0.4, -0.2) is 32.7 Å². The highest BCUT2D eigenvalue weighted by atomic mass is 35.5. The molecule has 3 atom stereocenters. The number of carbonyl (C=O) groups excluding carboxylic acids is 3. The van der Waals surface area contributed by atoms with Gasteiger partial charge in [0, 0.05) is 6.07 Å². The number of benzene rings is 2. The molecule has 1 saturated carbocycles. The highest BCUT2D eigenvalue weighted by Crippen LogP contribution is 2.41. The highest BCUT2D eigenvalue weighted by molar-refractivity contribution is 6.42. The third-order valence-electron chi connectivity index (χ3n) is 6.29. The number of hydrazine groups is 1. The van der Waals surface area contributed by atoms with Crippen molar-refractivity contribution in [2.75, 3.05) is 0 Å². The molecule has 1 aliphatic heterocycles. The second-order valence-corrected chi connectivity index (χ2v) is 9.32. The zero-order valence-corrected chi connectivity index (χ0v) is 19.3. The van der Waals surface area contributed by atoms with Crippen LogP contribution < -0.4 is 0 Å². The Morgan fingerprint density at radius 1 is 1.09 bits per heavy atom. The molecule has 0 bridgehead atoms. The number of halogens is 2. The van der Waals surface area contributed by atoms with E-state index >= 15 is 0 Å². The van der Waals surface area contributed by atoms with Crippen molar-refractivity contribution in [3.05, 3.63) is 73.8 Å². The minimum atomic E-state index is -0.818. The average Bonchev–Trinajstić information content (AvgIpc) is 3.03. The fourth-order valence-corrected chi connectivity index (χ4v) is 4.93. The van der Waals surface area contributed by atoms with E-state index in [1.54, 1.807) is 12.1 Å². The summed E-state index contributed by atoms with van der Waals surface area (Å²) in [5.41, 5.74) is -0.113. The van der Waals surface area contributed by atoms with E-state index in [-0.39, 0.29) is 23.0 Å². The Labute approximate surface area is 200 Å². The molecule has 0 unspecified atom stereocenters. The molecule has 3 amide bonds. The van der Waals surface area contributed by atoms with Crippen molar-refractivity contribution >= 4 is 46.6 Å². The Hall–Kier alpha value is -2.97.